The maximum atomic E-state index is 8.52. The fraction of sp³-hybridized carbons (Fsp3) is 0.395. The van der Waals surface area contributed by atoms with E-state index < -0.39 is 24.7 Å². The third kappa shape index (κ3) is 33.8. The van der Waals surface area contributed by atoms with Crippen LogP contribution in [0.15, 0.2) is 91.0 Å². The summed E-state index contributed by atoms with van der Waals surface area (Å²) >= 11 is 1.16. The van der Waals surface area contributed by atoms with E-state index in [9.17, 15) is 0 Å². The van der Waals surface area contributed by atoms with Crippen molar-refractivity contribution in [3.63, 3.8) is 0 Å². The second kappa shape index (κ2) is 29.7. The first-order chi connectivity index (χ1) is 22.9. The van der Waals surface area contributed by atoms with Gasteiger partial charge >= 0.3 is 35.7 Å². The Balaban J connectivity index is -0.000000293. The van der Waals surface area contributed by atoms with Crippen molar-refractivity contribution in [1.29, 1.82) is 0 Å². The Morgan fingerprint density at radius 2 is 0.647 bits per heavy atom. The minimum absolute atomic E-state index is 0. The minimum Gasteiger partial charge on any atom is -0.120 e. The van der Waals surface area contributed by atoms with E-state index in [4.69, 9.17) is 32.2 Å². The summed E-state index contributed by atoms with van der Waals surface area (Å²) in [5, 5.41) is 29.8. The fourth-order valence-electron chi connectivity index (χ4n) is 3.58. The van der Waals surface area contributed by atoms with Crippen molar-refractivity contribution in [3.05, 3.63) is 132 Å². The smallest absolute Gasteiger partial charge is 0.120 e. The van der Waals surface area contributed by atoms with Gasteiger partial charge in [0, 0.05) is 20.4 Å². The minimum atomic E-state index is -0.500. The molecule has 3 aromatic rings. The summed E-state index contributed by atoms with van der Waals surface area (Å²) in [5.41, 5.74) is 4.25. The van der Waals surface area contributed by atoms with Crippen LogP contribution in [0.4, 0.5) is 0 Å². The average Bonchev–Trinajstić information content (AvgIpc) is 3.19. The maximum absolute atomic E-state index is 8.52. The van der Waals surface area contributed by atoms with Gasteiger partial charge in [-0.3, -0.25) is 0 Å². The van der Waals surface area contributed by atoms with Gasteiger partial charge in [-0.15, -0.1) is 4.91 Å². The van der Waals surface area contributed by atoms with E-state index in [0.717, 1.165) is 19.2 Å². The van der Waals surface area contributed by atoms with Gasteiger partial charge in [-0.05, 0) is 116 Å². The Kier molecular flexibility index (Phi) is 32.6. The quantitative estimate of drug-likeness (QED) is 0.140. The predicted octanol–water partition coefficient (Wildman–Crippen LogP) is 8.38. The Morgan fingerprint density at radius 1 is 0.510 bits per heavy atom. The second-order valence-corrected chi connectivity index (χ2v) is 17.2. The molecule has 8 heteroatoms. The van der Waals surface area contributed by atoms with Crippen LogP contribution in [0.25, 0.3) is 0 Å². The van der Waals surface area contributed by atoms with E-state index in [1.165, 1.54) is 45.5 Å². The summed E-state index contributed by atoms with van der Waals surface area (Å²) in [7, 11) is -0.446. The summed E-state index contributed by atoms with van der Waals surface area (Å²) in [6.45, 7) is 26.7. The molecule has 1 aliphatic carbocycles. The molecular weight excluding hydrogens is 995 g/mol. The molecule has 1 saturated carbocycles. The van der Waals surface area contributed by atoms with Crippen LogP contribution < -0.4 is 21.5 Å². The number of nitroso groups, excluding NO2 is 1. The summed E-state index contributed by atoms with van der Waals surface area (Å²) in [6, 6.07) is 32.3. The Labute approximate surface area is 338 Å². The van der Waals surface area contributed by atoms with E-state index >= 15 is 0 Å². The van der Waals surface area contributed by atoms with Crippen LogP contribution in [0.1, 0.15) is 96.9 Å². The normalized spacial score (nSPS) is 13.3. The zero-order chi connectivity index (χ0) is 39.7. The molecule has 0 amide bonds. The van der Waals surface area contributed by atoms with E-state index in [1.807, 2.05) is 5.92 Å². The molecule has 0 saturated heterocycles. The summed E-state index contributed by atoms with van der Waals surface area (Å²) in [6.07, 6.45) is 6.11. The van der Waals surface area contributed by atoms with Crippen molar-refractivity contribution in [2.45, 2.75) is 114 Å². The number of hydrogen-bond acceptors (Lipinski definition) is 4. The number of rotatable bonds is 3. The van der Waals surface area contributed by atoms with Crippen molar-refractivity contribution in [2.75, 3.05) is 0 Å². The van der Waals surface area contributed by atoms with Crippen molar-refractivity contribution < 1.29 is 54.9 Å². The second-order valence-electron chi connectivity index (χ2n) is 14.2. The first kappa shape index (κ1) is 56.0. The van der Waals surface area contributed by atoms with Gasteiger partial charge in [-0.25, -0.2) is 0 Å². The Bertz CT molecular complexity index is 1130. The van der Waals surface area contributed by atoms with Crippen molar-refractivity contribution in [3.8, 4) is 10.1 Å². The summed E-state index contributed by atoms with van der Waals surface area (Å²) in [4.78, 5) is 7.25. The van der Waals surface area contributed by atoms with Crippen LogP contribution in [-0.4, -0.2) is 32.1 Å². The van der Waals surface area contributed by atoms with Crippen LogP contribution in [0.5, 0.6) is 0 Å². The van der Waals surface area contributed by atoms with E-state index in [2.05, 4.69) is 130 Å². The Hall–Kier alpha value is -1.74. The fourth-order valence-corrected chi connectivity index (χ4v) is 5.89. The van der Waals surface area contributed by atoms with Crippen molar-refractivity contribution in [2.24, 2.45) is 0 Å². The van der Waals surface area contributed by atoms with Crippen LogP contribution in [0, 0.1) is 51.0 Å². The van der Waals surface area contributed by atoms with Crippen LogP contribution >= 0.6 is 7.92 Å². The predicted molar refractivity (Wildman–Crippen MR) is 212 cm³/mol. The molecule has 0 bridgehead atoms. The molecule has 0 atom stereocenters. The number of nitrogens with zero attached hydrogens (tertiary/aromatic N) is 1. The zero-order valence-electron chi connectivity index (χ0n) is 33.1. The molecule has 4 rings (SSSR count). The number of hydrogen-bond donors (Lipinski definition) is 3. The number of benzene rings is 3. The molecule has 0 aromatic heterocycles. The summed E-state index contributed by atoms with van der Waals surface area (Å²) < 4.78 is 2.43. The third-order valence-electron chi connectivity index (χ3n) is 5.91. The average molecular weight is 1060 g/mol. The molecule has 1 fully saturated rings. The molecule has 3 N–H and O–H groups in total. The van der Waals surface area contributed by atoms with E-state index in [0.29, 0.717) is 0 Å². The van der Waals surface area contributed by atoms with Gasteiger partial charge < -0.3 is 15.3 Å². The topological polar surface area (TPSA) is 100 Å². The van der Waals surface area contributed by atoms with Crippen molar-refractivity contribution in [1.82, 2.24) is 5.59 Å². The summed E-state index contributed by atoms with van der Waals surface area (Å²) in [5.74, 6) is 9.31. The molecule has 5 nitrogen and oxygen atoms in total. The molecule has 0 spiro atoms. The molecule has 0 unspecified atom stereocenters. The van der Waals surface area contributed by atoms with Crippen LogP contribution in [0.3, 0.4) is 0 Å². The standard InChI is InChI=1S/C18H15P.C10H15.3C4H10O.C3.NO.Re.W/c1-4-10-16(11-5-1)19(17-12-6-2-7-13-17)18-14-8-3-9-15-18;1-6-7(2)9(4)10(5)8(6)3;3*1-4(2,3)5;1-3-2;1-2;;/h1-15H;1-5H3;3*5H,1-3H3;;;;/q;;;;;-1;;;. The van der Waals surface area contributed by atoms with Crippen LogP contribution in [-0.2, 0) is 39.6 Å². The van der Waals surface area contributed by atoms with Crippen molar-refractivity contribution >= 4 is 23.8 Å². The van der Waals surface area contributed by atoms with E-state index in [1.54, 1.807) is 62.3 Å². The van der Waals surface area contributed by atoms with E-state index in [-0.39, 0.29) is 20.4 Å². The third-order valence-corrected chi connectivity index (χ3v) is 8.72. The largest absolute Gasteiger partial charge is 0.120 e. The van der Waals surface area contributed by atoms with Gasteiger partial charge in [0.15, 0.2) is 0 Å². The van der Waals surface area contributed by atoms with Crippen LogP contribution in [0.2, 0.25) is 0 Å². The SMILES string of the molecule is CC(C)(C)O.CC(C)(C)O.CC(C)(C)O.C[C]1[C](C)[C](C)[C](C)[C]1C.[C-]#C[C]#[W].[N]=O.[Re].c1ccc(P(c2ccccc2)c2ccccc2)cc1. The molecule has 7 radical (unpaired) electrons. The molecule has 0 heterocycles. The van der Waals surface area contributed by atoms with Gasteiger partial charge in [-0.2, -0.15) is 0 Å². The van der Waals surface area contributed by atoms with Gasteiger partial charge in [-0.1, -0.05) is 126 Å². The molecular formula is C43H60NO4PReW-. The molecule has 3 aromatic carbocycles. The molecule has 51 heavy (non-hydrogen) atoms. The molecule has 0 aliphatic heterocycles. The first-order valence-corrected chi connectivity index (χ1v) is 19.0. The maximum Gasteiger partial charge on any atom is 0.120 e. The van der Waals surface area contributed by atoms with Gasteiger partial charge in [0.1, 0.15) is 5.59 Å². The zero-order valence-corrected chi connectivity index (χ0v) is 39.6. The molecule has 280 valence electrons. The Morgan fingerprint density at radius 3 is 0.765 bits per heavy atom. The van der Waals surface area contributed by atoms with Gasteiger partial charge in [0.05, 0.1) is 16.8 Å². The number of aliphatic hydroxyl groups is 3. The monoisotopic (exact) mass is 1060 g/mol. The van der Waals surface area contributed by atoms with Gasteiger partial charge in [0.25, 0.3) is 0 Å². The molecule has 1 aliphatic rings. The van der Waals surface area contributed by atoms with Gasteiger partial charge in [0.2, 0.25) is 0 Å². The first-order valence-electron chi connectivity index (χ1n) is 16.2.